The first-order valence-electron chi connectivity index (χ1n) is 8.75. The van der Waals surface area contributed by atoms with Crippen LogP contribution in [-0.2, 0) is 11.2 Å². The third-order valence-corrected chi connectivity index (χ3v) is 5.47. The van der Waals surface area contributed by atoms with Crippen LogP contribution in [0.3, 0.4) is 0 Å². The third kappa shape index (κ3) is 3.49. The molecule has 1 unspecified atom stereocenters. The second-order valence-electron chi connectivity index (χ2n) is 6.90. The van der Waals surface area contributed by atoms with E-state index in [1.807, 2.05) is 0 Å². The number of rotatable bonds is 4. The fraction of sp³-hybridized carbons (Fsp3) is 0.684. The molecule has 0 aromatic heterocycles. The minimum atomic E-state index is -0.0388. The second-order valence-corrected chi connectivity index (χ2v) is 6.90. The molecule has 2 N–H and O–H groups in total. The maximum atomic E-state index is 6.47. The first kappa shape index (κ1) is 15.1. The third-order valence-electron chi connectivity index (χ3n) is 5.47. The van der Waals surface area contributed by atoms with E-state index in [2.05, 4.69) is 24.3 Å². The topological polar surface area (TPSA) is 35.2 Å². The molecule has 2 nitrogen and oxygen atoms in total. The first-order chi connectivity index (χ1) is 10.3. The van der Waals surface area contributed by atoms with Crippen LogP contribution in [0.1, 0.15) is 68.4 Å². The van der Waals surface area contributed by atoms with E-state index >= 15 is 0 Å². The summed E-state index contributed by atoms with van der Waals surface area (Å²) in [4.78, 5) is 0. The van der Waals surface area contributed by atoms with Crippen LogP contribution in [0.4, 0.5) is 0 Å². The van der Waals surface area contributed by atoms with Crippen LogP contribution >= 0.6 is 0 Å². The lowest BCUT2D eigenvalue weighted by atomic mass is 9.83. The Morgan fingerprint density at radius 2 is 1.81 bits per heavy atom. The lowest BCUT2D eigenvalue weighted by Crippen LogP contribution is -2.41. The fourth-order valence-electron chi connectivity index (χ4n) is 4.09. The van der Waals surface area contributed by atoms with Gasteiger partial charge < -0.3 is 10.5 Å². The summed E-state index contributed by atoms with van der Waals surface area (Å²) in [7, 11) is 0. The highest BCUT2D eigenvalue weighted by Crippen LogP contribution is 2.35. The lowest BCUT2D eigenvalue weighted by Gasteiger charge is -2.35. The summed E-state index contributed by atoms with van der Waals surface area (Å²) in [5, 5.41) is 0. The Bertz CT molecular complexity index is 449. The van der Waals surface area contributed by atoms with Gasteiger partial charge in [0, 0.05) is 12.5 Å². The summed E-state index contributed by atoms with van der Waals surface area (Å²) < 4.78 is 6.47. The standard InChI is InChI=1S/C19H29NO/c20-15-19(12-5-1-2-6-13-19)21-14-17-10-7-9-16-8-3-4-11-18(16)17/h3-4,8,11,17H,1-2,5-7,9-10,12-15,20H2. The molecule has 0 bridgehead atoms. The average Bonchev–Trinajstić information content (AvgIpc) is 2.79. The van der Waals surface area contributed by atoms with Crippen molar-refractivity contribution < 1.29 is 4.74 Å². The number of hydrogen-bond acceptors (Lipinski definition) is 2. The van der Waals surface area contributed by atoms with E-state index in [1.165, 1.54) is 56.1 Å². The molecule has 0 amide bonds. The minimum Gasteiger partial charge on any atom is -0.373 e. The van der Waals surface area contributed by atoms with Gasteiger partial charge >= 0.3 is 0 Å². The number of fused-ring (bicyclic) bond motifs is 1. The number of nitrogens with two attached hydrogens (primary N) is 1. The smallest absolute Gasteiger partial charge is 0.0804 e. The molecule has 1 atom stereocenters. The van der Waals surface area contributed by atoms with E-state index in [0.717, 1.165) is 19.4 Å². The molecule has 2 heteroatoms. The molecule has 3 rings (SSSR count). The van der Waals surface area contributed by atoms with Crippen LogP contribution in [0.2, 0.25) is 0 Å². The quantitative estimate of drug-likeness (QED) is 0.843. The van der Waals surface area contributed by atoms with Gasteiger partial charge in [-0.1, -0.05) is 49.9 Å². The van der Waals surface area contributed by atoms with Gasteiger partial charge in [-0.05, 0) is 43.2 Å². The zero-order chi connectivity index (χ0) is 14.5. The highest BCUT2D eigenvalue weighted by Gasteiger charge is 2.32. The van der Waals surface area contributed by atoms with Crippen molar-refractivity contribution in [2.75, 3.05) is 13.2 Å². The molecule has 0 radical (unpaired) electrons. The molecule has 2 aliphatic carbocycles. The molecule has 0 saturated heterocycles. The summed E-state index contributed by atoms with van der Waals surface area (Å²) in [5.41, 5.74) is 9.10. The zero-order valence-electron chi connectivity index (χ0n) is 13.2. The number of hydrogen-bond donors (Lipinski definition) is 1. The van der Waals surface area contributed by atoms with Gasteiger partial charge in [0.05, 0.1) is 12.2 Å². The van der Waals surface area contributed by atoms with Gasteiger partial charge in [-0.3, -0.25) is 0 Å². The van der Waals surface area contributed by atoms with Crippen molar-refractivity contribution in [2.45, 2.75) is 69.3 Å². The van der Waals surface area contributed by atoms with Crippen LogP contribution < -0.4 is 5.73 Å². The van der Waals surface area contributed by atoms with Gasteiger partial charge in [0.1, 0.15) is 0 Å². The van der Waals surface area contributed by atoms with Crippen molar-refractivity contribution in [3.63, 3.8) is 0 Å². The predicted molar refractivity (Wildman–Crippen MR) is 87.6 cm³/mol. The Labute approximate surface area is 129 Å². The Morgan fingerprint density at radius 1 is 1.05 bits per heavy atom. The number of benzene rings is 1. The Hall–Kier alpha value is -0.860. The molecular weight excluding hydrogens is 258 g/mol. The second kappa shape index (κ2) is 6.93. The van der Waals surface area contributed by atoms with E-state index < -0.39 is 0 Å². The highest BCUT2D eigenvalue weighted by atomic mass is 16.5. The van der Waals surface area contributed by atoms with Gasteiger partial charge in [-0.2, -0.15) is 0 Å². The molecular formula is C19H29NO. The van der Waals surface area contributed by atoms with E-state index in [0.29, 0.717) is 12.5 Å². The van der Waals surface area contributed by atoms with Crippen molar-refractivity contribution in [3.05, 3.63) is 35.4 Å². The van der Waals surface area contributed by atoms with Crippen molar-refractivity contribution >= 4 is 0 Å². The maximum absolute atomic E-state index is 6.47. The predicted octanol–water partition coefficient (Wildman–Crippen LogP) is 4.17. The van der Waals surface area contributed by atoms with Crippen LogP contribution in [-0.4, -0.2) is 18.8 Å². The monoisotopic (exact) mass is 287 g/mol. The molecule has 1 aromatic rings. The van der Waals surface area contributed by atoms with Gasteiger partial charge in [-0.25, -0.2) is 0 Å². The largest absolute Gasteiger partial charge is 0.373 e. The van der Waals surface area contributed by atoms with E-state index in [-0.39, 0.29) is 5.60 Å². The molecule has 1 fully saturated rings. The Morgan fingerprint density at radius 3 is 2.57 bits per heavy atom. The van der Waals surface area contributed by atoms with Crippen molar-refractivity contribution in [1.29, 1.82) is 0 Å². The van der Waals surface area contributed by atoms with Crippen molar-refractivity contribution in [3.8, 4) is 0 Å². The molecule has 116 valence electrons. The van der Waals surface area contributed by atoms with E-state index in [1.54, 1.807) is 0 Å². The fourth-order valence-corrected chi connectivity index (χ4v) is 4.09. The summed E-state index contributed by atoms with van der Waals surface area (Å²) >= 11 is 0. The Kier molecular flexibility index (Phi) is 4.97. The summed E-state index contributed by atoms with van der Waals surface area (Å²) in [6.45, 7) is 1.54. The zero-order valence-corrected chi connectivity index (χ0v) is 13.2. The van der Waals surface area contributed by atoms with E-state index in [9.17, 15) is 0 Å². The lowest BCUT2D eigenvalue weighted by molar-refractivity contribution is -0.0568. The molecule has 0 heterocycles. The molecule has 21 heavy (non-hydrogen) atoms. The number of ether oxygens (including phenoxy) is 1. The summed E-state index contributed by atoms with van der Waals surface area (Å²) in [6.07, 6.45) is 11.3. The highest BCUT2D eigenvalue weighted by molar-refractivity contribution is 5.32. The van der Waals surface area contributed by atoms with Crippen LogP contribution in [0, 0.1) is 0 Å². The first-order valence-corrected chi connectivity index (χ1v) is 8.75. The number of aryl methyl sites for hydroxylation is 1. The van der Waals surface area contributed by atoms with Crippen molar-refractivity contribution in [1.82, 2.24) is 0 Å². The van der Waals surface area contributed by atoms with Crippen LogP contribution in [0.25, 0.3) is 0 Å². The minimum absolute atomic E-state index is 0.0388. The Balaban J connectivity index is 1.67. The normalized spacial score (nSPS) is 25.1. The molecule has 1 saturated carbocycles. The van der Waals surface area contributed by atoms with Gasteiger partial charge in [-0.15, -0.1) is 0 Å². The van der Waals surface area contributed by atoms with Gasteiger partial charge in [0.25, 0.3) is 0 Å². The average molecular weight is 287 g/mol. The molecule has 1 aromatic carbocycles. The maximum Gasteiger partial charge on any atom is 0.0804 e. The van der Waals surface area contributed by atoms with Gasteiger partial charge in [0.2, 0.25) is 0 Å². The van der Waals surface area contributed by atoms with Crippen molar-refractivity contribution in [2.24, 2.45) is 5.73 Å². The molecule has 0 aliphatic heterocycles. The van der Waals surface area contributed by atoms with Crippen LogP contribution in [0.15, 0.2) is 24.3 Å². The molecule has 2 aliphatic rings. The SMILES string of the molecule is NCC1(OCC2CCCc3ccccc32)CCCCCC1. The summed E-state index contributed by atoms with van der Waals surface area (Å²) in [5.74, 6) is 0.571. The molecule has 0 spiro atoms. The summed E-state index contributed by atoms with van der Waals surface area (Å²) in [6, 6.07) is 8.91. The van der Waals surface area contributed by atoms with Crippen LogP contribution in [0.5, 0.6) is 0 Å². The van der Waals surface area contributed by atoms with Gasteiger partial charge in [0.15, 0.2) is 0 Å². The van der Waals surface area contributed by atoms with E-state index in [4.69, 9.17) is 10.5 Å².